The fourth-order valence-corrected chi connectivity index (χ4v) is 6.90. The number of hydrogen-bond donors (Lipinski definition) is 0. The molecule has 6 heteroatoms. The molecule has 6 fully saturated rings. The van der Waals surface area contributed by atoms with Gasteiger partial charge in [-0.05, 0) is 25.7 Å². The summed E-state index contributed by atoms with van der Waals surface area (Å²) in [4.78, 5) is 16.9. The quantitative estimate of drug-likeness (QED) is 0.732. The summed E-state index contributed by atoms with van der Waals surface area (Å²) >= 11 is 0. The third-order valence-corrected chi connectivity index (χ3v) is 8.25. The second-order valence-corrected chi connectivity index (χ2v) is 9.70. The van der Waals surface area contributed by atoms with Gasteiger partial charge in [-0.2, -0.15) is 0 Å². The first-order chi connectivity index (χ1) is 12.9. The van der Waals surface area contributed by atoms with Crippen molar-refractivity contribution in [1.29, 1.82) is 0 Å². The van der Waals surface area contributed by atoms with Crippen LogP contribution in [0.2, 0.25) is 0 Å². The van der Waals surface area contributed by atoms with Gasteiger partial charge in [0.05, 0.1) is 39.0 Å². The van der Waals surface area contributed by atoms with E-state index in [0.717, 1.165) is 12.1 Å². The van der Waals surface area contributed by atoms with Crippen molar-refractivity contribution in [2.45, 2.75) is 75.8 Å². The minimum atomic E-state index is 0.640. The zero-order chi connectivity index (χ0) is 17.1. The Hall–Kier alpha value is -0.240. The molecule has 2 aliphatic carbocycles. The molecule has 0 N–H and O–H groups in total. The molecular formula is C20H36N6. The molecule has 0 spiro atoms. The number of rotatable bonds is 2. The molecule has 0 unspecified atom stereocenters. The van der Waals surface area contributed by atoms with Gasteiger partial charge in [-0.25, -0.2) is 0 Å². The molecule has 146 valence electrons. The molecule has 0 aromatic carbocycles. The average molecular weight is 361 g/mol. The Morgan fingerprint density at radius 1 is 0.385 bits per heavy atom. The Morgan fingerprint density at radius 3 is 1.00 bits per heavy atom. The zero-order valence-electron chi connectivity index (χ0n) is 16.3. The van der Waals surface area contributed by atoms with Crippen molar-refractivity contribution >= 4 is 0 Å². The summed E-state index contributed by atoms with van der Waals surface area (Å²) in [7, 11) is 0. The highest BCUT2D eigenvalue weighted by Gasteiger charge is 2.52. The Morgan fingerprint density at radius 2 is 0.692 bits per heavy atom. The third-order valence-electron chi connectivity index (χ3n) is 8.25. The molecule has 26 heavy (non-hydrogen) atoms. The molecule has 0 radical (unpaired) electrons. The Kier molecular flexibility index (Phi) is 4.29. The number of nitrogens with zero attached hydrogens (tertiary/aromatic N) is 6. The standard InChI is InChI=1S/C20H36N6/c1-2-6-17(5-1)25-13-21-9-11-23-15-26(18-7-3-4-8-18)16-24-12-10-22(14-25)19(21)20(23)24/h17-20H,1-16H2. The van der Waals surface area contributed by atoms with Gasteiger partial charge in [-0.3, -0.25) is 29.4 Å². The predicted molar refractivity (Wildman–Crippen MR) is 102 cm³/mol. The maximum atomic E-state index is 2.82. The van der Waals surface area contributed by atoms with Gasteiger partial charge in [0, 0.05) is 38.3 Å². The van der Waals surface area contributed by atoms with E-state index in [2.05, 4.69) is 29.4 Å². The highest BCUT2D eigenvalue weighted by Crippen LogP contribution is 2.36. The number of hydrogen-bond acceptors (Lipinski definition) is 6. The SMILES string of the molecule is C1CCC(N2CN3CCN4CN(C5CCCC5)CN5CCN(C2)C3C45)C1. The van der Waals surface area contributed by atoms with Crippen molar-refractivity contribution in [1.82, 2.24) is 29.4 Å². The summed E-state index contributed by atoms with van der Waals surface area (Å²) in [5, 5.41) is 0. The second kappa shape index (κ2) is 6.68. The highest BCUT2D eigenvalue weighted by molar-refractivity contribution is 5.00. The van der Waals surface area contributed by atoms with E-state index in [4.69, 9.17) is 0 Å². The molecular weight excluding hydrogens is 324 g/mol. The van der Waals surface area contributed by atoms with Crippen molar-refractivity contribution in [3.8, 4) is 0 Å². The first-order valence-corrected chi connectivity index (χ1v) is 11.3. The first-order valence-electron chi connectivity index (χ1n) is 11.3. The van der Waals surface area contributed by atoms with Crippen LogP contribution in [0.1, 0.15) is 51.4 Å². The number of piperazine rings is 2. The summed E-state index contributed by atoms with van der Waals surface area (Å²) in [5.74, 6) is 0. The molecule has 0 bridgehead atoms. The van der Waals surface area contributed by atoms with Gasteiger partial charge < -0.3 is 0 Å². The smallest absolute Gasteiger partial charge is 0.0943 e. The van der Waals surface area contributed by atoms with Gasteiger partial charge in [-0.1, -0.05) is 25.7 Å². The molecule has 0 aromatic rings. The second-order valence-electron chi connectivity index (χ2n) is 9.70. The van der Waals surface area contributed by atoms with Crippen LogP contribution >= 0.6 is 0 Å². The van der Waals surface area contributed by atoms with Gasteiger partial charge in [0.2, 0.25) is 0 Å². The van der Waals surface area contributed by atoms with Crippen molar-refractivity contribution in [3.63, 3.8) is 0 Å². The topological polar surface area (TPSA) is 19.4 Å². The van der Waals surface area contributed by atoms with Gasteiger partial charge in [0.15, 0.2) is 0 Å². The zero-order valence-corrected chi connectivity index (χ0v) is 16.3. The molecule has 6 nitrogen and oxygen atoms in total. The maximum absolute atomic E-state index is 2.82. The fraction of sp³-hybridized carbons (Fsp3) is 1.00. The van der Waals surface area contributed by atoms with Crippen LogP contribution in [0.5, 0.6) is 0 Å². The van der Waals surface area contributed by atoms with E-state index in [1.165, 1.54) is 104 Å². The molecule has 2 saturated carbocycles. The van der Waals surface area contributed by atoms with E-state index in [1.54, 1.807) is 0 Å². The minimum absolute atomic E-state index is 0.640. The molecule has 4 heterocycles. The van der Waals surface area contributed by atoms with E-state index in [1.807, 2.05) is 0 Å². The largest absolute Gasteiger partial charge is 0.274 e. The molecule has 0 aromatic heterocycles. The predicted octanol–water partition coefficient (Wildman–Crippen LogP) is 1.22. The molecule has 0 amide bonds. The highest BCUT2D eigenvalue weighted by atomic mass is 15.6. The van der Waals surface area contributed by atoms with Gasteiger partial charge in [-0.15, -0.1) is 0 Å². The monoisotopic (exact) mass is 360 g/mol. The summed E-state index contributed by atoms with van der Waals surface area (Å²) in [6, 6.07) is 1.72. The third kappa shape index (κ3) is 2.68. The van der Waals surface area contributed by atoms with Crippen LogP contribution in [-0.4, -0.2) is 107 Å². The van der Waals surface area contributed by atoms with Crippen molar-refractivity contribution in [3.05, 3.63) is 0 Å². The van der Waals surface area contributed by atoms with Gasteiger partial charge in [0.25, 0.3) is 0 Å². The van der Waals surface area contributed by atoms with Crippen molar-refractivity contribution in [2.75, 3.05) is 52.9 Å². The van der Waals surface area contributed by atoms with Crippen molar-refractivity contribution in [2.24, 2.45) is 0 Å². The van der Waals surface area contributed by atoms with Crippen molar-refractivity contribution < 1.29 is 0 Å². The molecule has 0 atom stereocenters. The lowest BCUT2D eigenvalue weighted by Crippen LogP contribution is -2.81. The van der Waals surface area contributed by atoms with E-state index in [0.29, 0.717) is 12.3 Å². The summed E-state index contributed by atoms with van der Waals surface area (Å²) < 4.78 is 0. The molecule has 4 aliphatic heterocycles. The lowest BCUT2D eigenvalue weighted by atomic mass is 10.1. The Labute approximate surface area is 158 Å². The Bertz CT molecular complexity index is 442. The first kappa shape index (κ1) is 16.7. The van der Waals surface area contributed by atoms with Crippen LogP contribution in [0.3, 0.4) is 0 Å². The molecule has 6 aliphatic rings. The Balaban J connectivity index is 1.20. The van der Waals surface area contributed by atoms with Crippen LogP contribution < -0.4 is 0 Å². The lowest BCUT2D eigenvalue weighted by Gasteiger charge is -2.65. The summed E-state index contributed by atoms with van der Waals surface area (Å²) in [6.45, 7) is 9.90. The maximum Gasteiger partial charge on any atom is 0.0943 e. The summed E-state index contributed by atoms with van der Waals surface area (Å²) in [6.07, 6.45) is 12.8. The van der Waals surface area contributed by atoms with Crippen LogP contribution in [0, 0.1) is 0 Å². The van der Waals surface area contributed by atoms with E-state index in [9.17, 15) is 0 Å². The van der Waals surface area contributed by atoms with E-state index < -0.39 is 0 Å². The summed E-state index contributed by atoms with van der Waals surface area (Å²) in [5.41, 5.74) is 0. The average Bonchev–Trinajstić information content (AvgIpc) is 3.39. The van der Waals surface area contributed by atoms with Crippen LogP contribution in [-0.2, 0) is 0 Å². The van der Waals surface area contributed by atoms with E-state index in [-0.39, 0.29) is 0 Å². The lowest BCUT2D eigenvalue weighted by molar-refractivity contribution is -0.241. The van der Waals surface area contributed by atoms with Crippen LogP contribution in [0.4, 0.5) is 0 Å². The van der Waals surface area contributed by atoms with Gasteiger partial charge in [0.1, 0.15) is 0 Å². The van der Waals surface area contributed by atoms with Crippen LogP contribution in [0.25, 0.3) is 0 Å². The van der Waals surface area contributed by atoms with E-state index >= 15 is 0 Å². The van der Waals surface area contributed by atoms with Gasteiger partial charge >= 0.3 is 0 Å². The van der Waals surface area contributed by atoms with Crippen LogP contribution in [0.15, 0.2) is 0 Å². The molecule has 4 saturated heterocycles. The normalized spacial score (nSPS) is 39.7. The fourth-order valence-electron chi connectivity index (χ4n) is 6.90. The molecule has 6 rings (SSSR count). The minimum Gasteiger partial charge on any atom is -0.274 e.